The van der Waals surface area contributed by atoms with Gasteiger partial charge >= 0.3 is 0 Å². The van der Waals surface area contributed by atoms with Gasteiger partial charge in [-0.3, -0.25) is 9.59 Å². The van der Waals surface area contributed by atoms with E-state index in [-0.39, 0.29) is 18.6 Å². The molecule has 2 N–H and O–H groups in total. The fourth-order valence-electron chi connectivity index (χ4n) is 11.3. The van der Waals surface area contributed by atoms with Gasteiger partial charge in [0.25, 0.3) is 0 Å². The van der Waals surface area contributed by atoms with Crippen LogP contribution in [0, 0.1) is 0 Å². The van der Waals surface area contributed by atoms with Gasteiger partial charge < -0.3 is 10.4 Å². The van der Waals surface area contributed by atoms with Crippen LogP contribution in [0.2, 0.25) is 0 Å². The summed E-state index contributed by atoms with van der Waals surface area (Å²) in [6, 6.07) is -0.0594. The van der Waals surface area contributed by atoms with Gasteiger partial charge in [0.2, 0.25) is 5.91 Å². The van der Waals surface area contributed by atoms with Gasteiger partial charge in [-0.25, -0.2) is 0 Å². The summed E-state index contributed by atoms with van der Waals surface area (Å²) in [7, 11) is 0. The predicted octanol–water partition coefficient (Wildman–Crippen LogP) is 23.8. The number of rotatable bonds is 66. The second-order valence-electron chi connectivity index (χ2n) is 24.2. The zero-order chi connectivity index (χ0) is 53.4. The number of aliphatic hydroxyl groups is 1. The number of Topliss-reactive ketones (excluding diaryl/α,β-unsaturated/α-hetero) is 1. The van der Waals surface area contributed by atoms with Crippen molar-refractivity contribution in [2.45, 2.75) is 418 Å². The Morgan fingerprint density at radius 2 is 0.514 bits per heavy atom. The quantitative estimate of drug-likeness (QED) is 0.0471. The van der Waals surface area contributed by atoms with E-state index >= 15 is 0 Å². The van der Waals surface area contributed by atoms with Gasteiger partial charge in [0.1, 0.15) is 5.78 Å². The maximum atomic E-state index is 12.5. The maximum absolute atomic E-state index is 12.5. The Bertz CT molecular complexity index is 1090. The fraction of sp³-hybridized carbons (Fsp3) is 0.943. The lowest BCUT2D eigenvalue weighted by Gasteiger charge is -2.16. The monoisotopic (exact) mass is 1040 g/mol. The molecule has 0 bridgehead atoms. The van der Waals surface area contributed by atoms with E-state index in [2.05, 4.69) is 31.3 Å². The van der Waals surface area contributed by atoms with Crippen LogP contribution in [0.3, 0.4) is 0 Å². The number of carbonyl (C=O) groups is 2. The third-order valence-electron chi connectivity index (χ3n) is 16.6. The van der Waals surface area contributed by atoms with Crippen molar-refractivity contribution in [2.75, 3.05) is 6.61 Å². The number of hydrogen-bond acceptors (Lipinski definition) is 3. The summed E-state index contributed by atoms with van der Waals surface area (Å²) in [5, 5.41) is 12.9. The molecule has 0 aromatic rings. The highest BCUT2D eigenvalue weighted by atomic mass is 16.3. The van der Waals surface area contributed by atoms with Crippen LogP contribution in [0.4, 0.5) is 0 Å². The van der Waals surface area contributed by atoms with E-state index < -0.39 is 0 Å². The van der Waals surface area contributed by atoms with Crippen molar-refractivity contribution < 1.29 is 14.7 Å². The largest absolute Gasteiger partial charge is 0.394 e. The number of amides is 1. The molecule has 0 heterocycles. The molecule has 1 atom stereocenters. The van der Waals surface area contributed by atoms with Crippen LogP contribution in [-0.2, 0) is 9.59 Å². The molecular formula is C70H137NO3. The molecule has 0 fully saturated rings. The summed E-state index contributed by atoms with van der Waals surface area (Å²) in [5.41, 5.74) is 0. The second kappa shape index (κ2) is 66.1. The Kier molecular flexibility index (Phi) is 65.1. The first kappa shape index (κ1) is 72.8. The molecule has 0 saturated heterocycles. The summed E-state index contributed by atoms with van der Waals surface area (Å²) in [4.78, 5) is 24.8. The standard InChI is InChI=1S/C70H137NO3/c1-3-5-7-9-11-13-15-17-19-20-30-33-36-40-44-48-52-56-60-64-69(73)65-61-57-53-49-45-41-37-34-31-28-26-24-22-21-23-25-27-29-32-35-38-42-46-50-54-58-62-66-70(74)71-68(67-72)63-59-55-51-47-43-39-18-16-14-12-10-8-6-4-2/h17,19,68,72H,3-16,18,20-67H2,1-2H3,(H,71,74). The summed E-state index contributed by atoms with van der Waals surface area (Å²) >= 11 is 0. The summed E-state index contributed by atoms with van der Waals surface area (Å²) in [6.45, 7) is 4.65. The van der Waals surface area contributed by atoms with Crippen LogP contribution in [-0.4, -0.2) is 29.4 Å². The number of aliphatic hydroxyl groups excluding tert-OH is 1. The van der Waals surface area contributed by atoms with E-state index in [4.69, 9.17) is 0 Å². The average Bonchev–Trinajstić information content (AvgIpc) is 3.40. The summed E-state index contributed by atoms with van der Waals surface area (Å²) < 4.78 is 0. The Morgan fingerprint density at radius 1 is 0.297 bits per heavy atom. The van der Waals surface area contributed by atoms with Gasteiger partial charge in [0, 0.05) is 19.3 Å². The topological polar surface area (TPSA) is 66.4 Å². The highest BCUT2D eigenvalue weighted by Crippen LogP contribution is 2.19. The van der Waals surface area contributed by atoms with E-state index in [0.717, 1.165) is 51.4 Å². The molecule has 0 spiro atoms. The Balaban J connectivity index is 3.27. The molecule has 0 aromatic carbocycles. The number of carbonyl (C=O) groups excluding carboxylic acids is 2. The van der Waals surface area contributed by atoms with Crippen LogP contribution in [0.1, 0.15) is 412 Å². The van der Waals surface area contributed by atoms with Gasteiger partial charge in [-0.15, -0.1) is 0 Å². The normalized spacial score (nSPS) is 12.1. The van der Waals surface area contributed by atoms with Crippen molar-refractivity contribution in [3.8, 4) is 0 Å². The van der Waals surface area contributed by atoms with Gasteiger partial charge in [0.15, 0.2) is 0 Å². The van der Waals surface area contributed by atoms with E-state index in [1.807, 2.05) is 0 Å². The Morgan fingerprint density at radius 3 is 0.770 bits per heavy atom. The SMILES string of the molecule is CCCCCCCCC=CCCCCCCCCCCCC(=O)CCCCCCCCCCCCCCCCCCCCCCCCCCCCCC(=O)NC(CO)CCCCCCCCCCCCCCCC. The smallest absolute Gasteiger partial charge is 0.220 e. The molecule has 0 aliphatic rings. The summed E-state index contributed by atoms with van der Waals surface area (Å²) in [5.74, 6) is 0.656. The van der Waals surface area contributed by atoms with Gasteiger partial charge in [-0.1, -0.05) is 353 Å². The minimum atomic E-state index is -0.0594. The van der Waals surface area contributed by atoms with Crippen molar-refractivity contribution in [1.82, 2.24) is 5.32 Å². The van der Waals surface area contributed by atoms with Crippen LogP contribution < -0.4 is 5.32 Å². The van der Waals surface area contributed by atoms with Crippen molar-refractivity contribution in [3.05, 3.63) is 12.2 Å². The number of allylic oxidation sites excluding steroid dienone is 2. The minimum absolute atomic E-state index is 0.0594. The molecule has 4 nitrogen and oxygen atoms in total. The minimum Gasteiger partial charge on any atom is -0.394 e. The molecule has 0 saturated carbocycles. The Hall–Kier alpha value is -1.16. The third kappa shape index (κ3) is 63.4. The molecular weight excluding hydrogens is 903 g/mol. The molecule has 0 radical (unpaired) electrons. The van der Waals surface area contributed by atoms with Gasteiger partial charge in [-0.2, -0.15) is 0 Å². The first-order valence-corrected chi connectivity index (χ1v) is 34.7. The number of unbranched alkanes of at least 4 members (excludes halogenated alkanes) is 54. The highest BCUT2D eigenvalue weighted by Gasteiger charge is 2.11. The molecule has 4 heteroatoms. The zero-order valence-electron chi connectivity index (χ0n) is 51.0. The number of nitrogens with one attached hydrogen (secondary N) is 1. The van der Waals surface area contributed by atoms with Crippen LogP contribution in [0.5, 0.6) is 0 Å². The lowest BCUT2D eigenvalue weighted by atomic mass is 10.0. The number of hydrogen-bond donors (Lipinski definition) is 2. The predicted molar refractivity (Wildman–Crippen MR) is 331 cm³/mol. The van der Waals surface area contributed by atoms with E-state index in [1.165, 1.54) is 340 Å². The average molecular weight is 1040 g/mol. The molecule has 0 aliphatic heterocycles. The first-order chi connectivity index (χ1) is 36.6. The van der Waals surface area contributed by atoms with E-state index in [0.29, 0.717) is 12.2 Å². The summed E-state index contributed by atoms with van der Waals surface area (Å²) in [6.07, 6.45) is 86.7. The van der Waals surface area contributed by atoms with Gasteiger partial charge in [0.05, 0.1) is 12.6 Å². The van der Waals surface area contributed by atoms with Crippen molar-refractivity contribution in [3.63, 3.8) is 0 Å². The van der Waals surface area contributed by atoms with E-state index in [1.54, 1.807) is 0 Å². The zero-order valence-corrected chi connectivity index (χ0v) is 51.0. The van der Waals surface area contributed by atoms with Crippen molar-refractivity contribution in [1.29, 1.82) is 0 Å². The lowest BCUT2D eigenvalue weighted by molar-refractivity contribution is -0.122. The Labute approximate surface area is 466 Å². The maximum Gasteiger partial charge on any atom is 0.220 e. The molecule has 0 rings (SSSR count). The lowest BCUT2D eigenvalue weighted by Crippen LogP contribution is -2.37. The molecule has 1 amide bonds. The molecule has 0 aromatic heterocycles. The van der Waals surface area contributed by atoms with Crippen molar-refractivity contribution in [2.24, 2.45) is 0 Å². The highest BCUT2D eigenvalue weighted by molar-refractivity contribution is 5.78. The molecule has 0 aliphatic carbocycles. The van der Waals surface area contributed by atoms with Crippen LogP contribution in [0.15, 0.2) is 12.2 Å². The number of ketones is 1. The van der Waals surface area contributed by atoms with Gasteiger partial charge in [-0.05, 0) is 51.4 Å². The molecule has 1 unspecified atom stereocenters. The molecule has 440 valence electrons. The van der Waals surface area contributed by atoms with Crippen LogP contribution in [0.25, 0.3) is 0 Å². The first-order valence-electron chi connectivity index (χ1n) is 34.7. The fourth-order valence-corrected chi connectivity index (χ4v) is 11.3. The molecule has 74 heavy (non-hydrogen) atoms. The van der Waals surface area contributed by atoms with Crippen LogP contribution >= 0.6 is 0 Å². The second-order valence-corrected chi connectivity index (χ2v) is 24.2. The van der Waals surface area contributed by atoms with E-state index in [9.17, 15) is 14.7 Å². The van der Waals surface area contributed by atoms with Crippen molar-refractivity contribution >= 4 is 11.7 Å². The third-order valence-corrected chi connectivity index (χ3v) is 16.6.